The lowest BCUT2D eigenvalue weighted by Crippen LogP contribution is -2.30. The number of hydrogen-bond donors (Lipinski definition) is 1. The van der Waals surface area contributed by atoms with Crippen LogP contribution in [0.4, 0.5) is 0 Å². The topological polar surface area (TPSA) is 76.1 Å². The fourth-order valence-electron chi connectivity index (χ4n) is 2.64. The molecule has 0 aliphatic rings. The minimum Gasteiger partial charge on any atom is -0.351 e. The van der Waals surface area contributed by atoms with Gasteiger partial charge in [0.1, 0.15) is 9.46 Å². The van der Waals surface area contributed by atoms with E-state index in [2.05, 4.69) is 10.3 Å². The first-order valence-electron chi connectivity index (χ1n) is 8.67. The van der Waals surface area contributed by atoms with Crippen LogP contribution in [0.2, 0.25) is 0 Å². The second-order valence-electron chi connectivity index (χ2n) is 6.24. The highest BCUT2D eigenvalue weighted by atomic mass is 32.2. The maximum absolute atomic E-state index is 13.0. The van der Waals surface area contributed by atoms with Crippen LogP contribution in [0.15, 0.2) is 76.6 Å². The number of aromatic nitrogens is 1. The number of carbonyl (C=O) groups is 1. The van der Waals surface area contributed by atoms with Crippen LogP contribution >= 0.6 is 11.3 Å². The number of aryl methyl sites for hydroxylation is 1. The van der Waals surface area contributed by atoms with Crippen molar-refractivity contribution >= 4 is 33.2 Å². The third kappa shape index (κ3) is 4.94. The van der Waals surface area contributed by atoms with Crippen molar-refractivity contribution < 1.29 is 13.2 Å². The number of benzene rings is 1. The summed E-state index contributed by atoms with van der Waals surface area (Å²) in [5, 5.41) is 3.52. The summed E-state index contributed by atoms with van der Waals surface area (Å²) in [6.07, 6.45) is 6.20. The lowest BCUT2D eigenvalue weighted by molar-refractivity contribution is -0.116. The Balaban J connectivity index is 1.75. The fraction of sp³-hybridized carbons (Fsp3) is 0.143. The molecular formula is C21H20N2O3S2. The van der Waals surface area contributed by atoms with Gasteiger partial charge in [-0.2, -0.15) is 0 Å². The second kappa shape index (κ2) is 8.95. The molecule has 0 aliphatic carbocycles. The molecule has 28 heavy (non-hydrogen) atoms. The van der Waals surface area contributed by atoms with E-state index in [-0.39, 0.29) is 16.7 Å². The first kappa shape index (κ1) is 20.0. The van der Waals surface area contributed by atoms with Gasteiger partial charge in [-0.15, -0.1) is 11.3 Å². The molecule has 0 aliphatic heterocycles. The molecule has 144 valence electrons. The van der Waals surface area contributed by atoms with Crippen molar-refractivity contribution in [3.63, 3.8) is 0 Å². The maximum atomic E-state index is 13.0. The number of pyridine rings is 1. The van der Waals surface area contributed by atoms with Gasteiger partial charge in [0.15, 0.2) is 9.84 Å². The Morgan fingerprint density at radius 3 is 2.61 bits per heavy atom. The van der Waals surface area contributed by atoms with Gasteiger partial charge in [0.05, 0.1) is 0 Å². The summed E-state index contributed by atoms with van der Waals surface area (Å²) in [5.41, 5.74) is 2.58. The SMILES string of the molecule is Cc1ccc(/C=C/C(=O)NC[C@H](c2cccnc2)S(=O)(=O)c2cccs2)cc1. The van der Waals surface area contributed by atoms with E-state index in [1.807, 2.05) is 31.2 Å². The van der Waals surface area contributed by atoms with Crippen LogP contribution < -0.4 is 5.32 Å². The molecule has 1 amide bonds. The summed E-state index contributed by atoms with van der Waals surface area (Å²) in [6, 6.07) is 14.4. The summed E-state index contributed by atoms with van der Waals surface area (Å²) >= 11 is 1.16. The highest BCUT2D eigenvalue weighted by molar-refractivity contribution is 7.93. The van der Waals surface area contributed by atoms with Gasteiger partial charge in [-0.25, -0.2) is 8.42 Å². The van der Waals surface area contributed by atoms with Crippen LogP contribution in [-0.2, 0) is 14.6 Å². The summed E-state index contributed by atoms with van der Waals surface area (Å²) < 4.78 is 26.3. The van der Waals surface area contributed by atoms with E-state index in [1.165, 1.54) is 12.3 Å². The van der Waals surface area contributed by atoms with E-state index in [0.29, 0.717) is 5.56 Å². The van der Waals surface area contributed by atoms with Crippen LogP contribution in [-0.4, -0.2) is 25.9 Å². The molecule has 5 nitrogen and oxygen atoms in total. The molecule has 0 bridgehead atoms. The molecule has 0 radical (unpaired) electrons. The van der Waals surface area contributed by atoms with Crippen molar-refractivity contribution in [3.05, 3.63) is 89.1 Å². The molecule has 0 unspecified atom stereocenters. The summed E-state index contributed by atoms with van der Waals surface area (Å²) in [6.45, 7) is 1.95. The van der Waals surface area contributed by atoms with Gasteiger partial charge < -0.3 is 5.32 Å². The van der Waals surface area contributed by atoms with Gasteiger partial charge in [-0.3, -0.25) is 9.78 Å². The van der Waals surface area contributed by atoms with Gasteiger partial charge in [-0.05, 0) is 41.6 Å². The predicted octanol–water partition coefficient (Wildman–Crippen LogP) is 3.80. The highest BCUT2D eigenvalue weighted by Crippen LogP contribution is 2.30. The van der Waals surface area contributed by atoms with Crippen LogP contribution in [0.1, 0.15) is 21.9 Å². The fourth-order valence-corrected chi connectivity index (χ4v) is 5.49. The molecule has 0 fully saturated rings. The molecule has 1 aromatic carbocycles. The largest absolute Gasteiger partial charge is 0.351 e. The summed E-state index contributed by atoms with van der Waals surface area (Å²) in [5.74, 6) is -0.351. The Morgan fingerprint density at radius 1 is 1.18 bits per heavy atom. The number of carbonyl (C=O) groups excluding carboxylic acids is 1. The van der Waals surface area contributed by atoms with Crippen LogP contribution in [0.25, 0.3) is 6.08 Å². The van der Waals surface area contributed by atoms with Crippen molar-refractivity contribution in [3.8, 4) is 0 Å². The zero-order chi connectivity index (χ0) is 20.0. The predicted molar refractivity (Wildman–Crippen MR) is 112 cm³/mol. The average molecular weight is 413 g/mol. The van der Waals surface area contributed by atoms with E-state index in [0.717, 1.165) is 22.5 Å². The van der Waals surface area contributed by atoms with Crippen molar-refractivity contribution in [2.24, 2.45) is 0 Å². The Bertz CT molecular complexity index is 1040. The van der Waals surface area contributed by atoms with Crippen LogP contribution in [0.5, 0.6) is 0 Å². The molecule has 2 aromatic heterocycles. The van der Waals surface area contributed by atoms with E-state index in [9.17, 15) is 13.2 Å². The Kier molecular flexibility index (Phi) is 6.38. The average Bonchev–Trinajstić information content (AvgIpc) is 3.24. The van der Waals surface area contributed by atoms with Crippen LogP contribution in [0.3, 0.4) is 0 Å². The van der Waals surface area contributed by atoms with E-state index < -0.39 is 15.1 Å². The molecule has 1 N–H and O–H groups in total. The first-order valence-corrected chi connectivity index (χ1v) is 11.1. The standard InChI is InChI=1S/C21H20N2O3S2/c1-16-6-8-17(9-7-16)10-11-20(24)23-15-19(18-4-2-12-22-14-18)28(25,26)21-5-3-13-27-21/h2-14,19H,15H2,1H3,(H,23,24)/b11-10+/t19-/m1/s1. The highest BCUT2D eigenvalue weighted by Gasteiger charge is 2.30. The third-order valence-corrected chi connectivity index (χ3v) is 7.70. The molecule has 0 spiro atoms. The third-order valence-electron chi connectivity index (χ3n) is 4.17. The zero-order valence-corrected chi connectivity index (χ0v) is 16.9. The number of hydrogen-bond acceptors (Lipinski definition) is 5. The number of rotatable bonds is 7. The number of nitrogens with one attached hydrogen (secondary N) is 1. The molecule has 7 heteroatoms. The molecule has 3 rings (SSSR count). The first-order chi connectivity index (χ1) is 13.5. The van der Waals surface area contributed by atoms with Gasteiger partial charge in [0.2, 0.25) is 5.91 Å². The molecule has 0 saturated carbocycles. The van der Waals surface area contributed by atoms with E-state index in [4.69, 9.17) is 0 Å². The van der Waals surface area contributed by atoms with Crippen LogP contribution in [0, 0.1) is 6.92 Å². The minimum absolute atomic E-state index is 0.0387. The Labute approximate surface area is 168 Å². The molecule has 2 heterocycles. The number of thiophene rings is 1. The van der Waals surface area contributed by atoms with Gasteiger partial charge >= 0.3 is 0 Å². The zero-order valence-electron chi connectivity index (χ0n) is 15.3. The number of amides is 1. The minimum atomic E-state index is -3.64. The lowest BCUT2D eigenvalue weighted by Gasteiger charge is -2.17. The molecular weight excluding hydrogens is 392 g/mol. The van der Waals surface area contributed by atoms with Gasteiger partial charge in [-0.1, -0.05) is 42.0 Å². The molecule has 1 atom stereocenters. The number of sulfone groups is 1. The quantitative estimate of drug-likeness (QED) is 0.599. The van der Waals surface area contributed by atoms with Crippen molar-refractivity contribution in [2.45, 2.75) is 16.4 Å². The Morgan fingerprint density at radius 2 is 1.96 bits per heavy atom. The molecule has 3 aromatic rings. The van der Waals surface area contributed by atoms with Gasteiger partial charge in [0.25, 0.3) is 0 Å². The van der Waals surface area contributed by atoms with Gasteiger partial charge in [0, 0.05) is 25.0 Å². The monoisotopic (exact) mass is 412 g/mol. The van der Waals surface area contributed by atoms with E-state index in [1.54, 1.807) is 41.9 Å². The van der Waals surface area contributed by atoms with E-state index >= 15 is 0 Å². The smallest absolute Gasteiger partial charge is 0.244 e. The summed E-state index contributed by atoms with van der Waals surface area (Å²) in [7, 11) is -3.64. The summed E-state index contributed by atoms with van der Waals surface area (Å²) in [4.78, 5) is 16.2. The Hall–Kier alpha value is -2.77. The number of nitrogens with zero attached hydrogens (tertiary/aromatic N) is 1. The lowest BCUT2D eigenvalue weighted by atomic mass is 10.1. The normalized spacial score (nSPS) is 12.8. The maximum Gasteiger partial charge on any atom is 0.244 e. The van der Waals surface area contributed by atoms with Crippen molar-refractivity contribution in [2.75, 3.05) is 6.54 Å². The van der Waals surface area contributed by atoms with Crippen molar-refractivity contribution in [1.29, 1.82) is 0 Å². The van der Waals surface area contributed by atoms with Crippen molar-refractivity contribution in [1.82, 2.24) is 10.3 Å². The molecule has 0 saturated heterocycles. The second-order valence-corrected chi connectivity index (χ2v) is 9.55.